The first-order valence-corrected chi connectivity index (χ1v) is 5.46. The molecule has 4 nitrogen and oxygen atoms in total. The largest absolute Gasteiger partial charge is 0.504 e. The van der Waals surface area contributed by atoms with Gasteiger partial charge in [-0.1, -0.05) is 0 Å². The molecule has 1 aliphatic rings. The summed E-state index contributed by atoms with van der Waals surface area (Å²) in [6.45, 7) is 2.61. The highest BCUT2D eigenvalue weighted by atomic mass is 16.3. The van der Waals surface area contributed by atoms with Gasteiger partial charge in [0.2, 0.25) is 0 Å². The second kappa shape index (κ2) is 4.04. The van der Waals surface area contributed by atoms with Crippen LogP contribution in [0.5, 0.6) is 11.5 Å². The summed E-state index contributed by atoms with van der Waals surface area (Å²) in [6, 6.07) is 4.53. The maximum absolute atomic E-state index is 12.1. The van der Waals surface area contributed by atoms with Crippen LogP contribution in [0.3, 0.4) is 0 Å². The van der Waals surface area contributed by atoms with E-state index in [4.69, 9.17) is 5.11 Å². The van der Waals surface area contributed by atoms with Crippen LogP contribution in [0.4, 0.5) is 0 Å². The Labute approximate surface area is 94.1 Å². The molecule has 86 valence electrons. The molecule has 0 heterocycles. The average Bonchev–Trinajstić information content (AvgIpc) is 3.07. The fourth-order valence-corrected chi connectivity index (χ4v) is 1.78. The Balaban J connectivity index is 2.22. The minimum absolute atomic E-state index is 0.0831. The molecule has 1 amide bonds. The van der Waals surface area contributed by atoms with Gasteiger partial charge < -0.3 is 15.1 Å². The van der Waals surface area contributed by atoms with Gasteiger partial charge in [-0.25, -0.2) is 0 Å². The molecule has 1 aromatic rings. The number of aromatic hydroxyl groups is 2. The third-order valence-corrected chi connectivity index (χ3v) is 2.81. The molecule has 0 aromatic heterocycles. The molecule has 0 bridgehead atoms. The number of phenols is 2. The molecule has 0 radical (unpaired) electrons. The van der Waals surface area contributed by atoms with E-state index in [-0.39, 0.29) is 17.4 Å². The third-order valence-electron chi connectivity index (χ3n) is 2.81. The Morgan fingerprint density at radius 2 is 2.06 bits per heavy atom. The van der Waals surface area contributed by atoms with Crippen molar-refractivity contribution in [3.8, 4) is 11.5 Å². The van der Waals surface area contributed by atoms with Gasteiger partial charge in [-0.2, -0.15) is 0 Å². The zero-order chi connectivity index (χ0) is 11.7. The van der Waals surface area contributed by atoms with Gasteiger partial charge in [0.15, 0.2) is 11.5 Å². The van der Waals surface area contributed by atoms with E-state index in [0.29, 0.717) is 18.2 Å². The molecular formula is C12H15NO3. The zero-order valence-electron chi connectivity index (χ0n) is 9.18. The van der Waals surface area contributed by atoms with Crippen molar-refractivity contribution in [3.05, 3.63) is 23.8 Å². The second-order valence-corrected chi connectivity index (χ2v) is 4.03. The average molecular weight is 221 g/mol. The molecule has 1 saturated carbocycles. The molecule has 2 N–H and O–H groups in total. The summed E-state index contributed by atoms with van der Waals surface area (Å²) in [4.78, 5) is 13.9. The quantitative estimate of drug-likeness (QED) is 0.764. The van der Waals surface area contributed by atoms with E-state index in [1.54, 1.807) is 4.90 Å². The lowest BCUT2D eigenvalue weighted by atomic mass is 10.1. The number of carbonyl (C=O) groups is 1. The van der Waals surface area contributed by atoms with Crippen molar-refractivity contribution < 1.29 is 15.0 Å². The third kappa shape index (κ3) is 1.96. The summed E-state index contributed by atoms with van der Waals surface area (Å²) >= 11 is 0. The number of hydrogen-bond acceptors (Lipinski definition) is 3. The normalized spacial score (nSPS) is 14.8. The van der Waals surface area contributed by atoms with Crippen LogP contribution in [0.2, 0.25) is 0 Å². The summed E-state index contributed by atoms with van der Waals surface area (Å²) in [5.74, 6) is -0.538. The molecule has 0 saturated heterocycles. The first kappa shape index (κ1) is 10.8. The highest BCUT2D eigenvalue weighted by molar-refractivity contribution is 5.95. The van der Waals surface area contributed by atoms with Crippen LogP contribution in [0.15, 0.2) is 18.2 Å². The summed E-state index contributed by atoms with van der Waals surface area (Å²) < 4.78 is 0. The molecule has 0 atom stereocenters. The van der Waals surface area contributed by atoms with Crippen molar-refractivity contribution in [1.29, 1.82) is 0 Å². The van der Waals surface area contributed by atoms with Gasteiger partial charge in [-0.05, 0) is 38.0 Å². The smallest absolute Gasteiger partial charge is 0.254 e. The lowest BCUT2D eigenvalue weighted by Gasteiger charge is -2.20. The number of hydrogen-bond donors (Lipinski definition) is 2. The fourth-order valence-electron chi connectivity index (χ4n) is 1.78. The molecule has 16 heavy (non-hydrogen) atoms. The predicted molar refractivity (Wildman–Crippen MR) is 59.5 cm³/mol. The van der Waals surface area contributed by atoms with Gasteiger partial charge in [0.1, 0.15) is 0 Å². The van der Waals surface area contributed by atoms with Crippen LogP contribution < -0.4 is 0 Å². The molecule has 1 aromatic carbocycles. The maximum Gasteiger partial charge on any atom is 0.254 e. The van der Waals surface area contributed by atoms with E-state index in [9.17, 15) is 9.90 Å². The number of phenolic OH excluding ortho intramolecular Hbond substituents is 2. The van der Waals surface area contributed by atoms with Gasteiger partial charge in [0.25, 0.3) is 5.91 Å². The van der Waals surface area contributed by atoms with Crippen molar-refractivity contribution in [2.75, 3.05) is 6.54 Å². The SMILES string of the molecule is CCN(C(=O)c1ccc(O)c(O)c1)C1CC1. The Bertz CT molecular complexity index is 413. The minimum atomic E-state index is -0.252. The molecule has 1 fully saturated rings. The van der Waals surface area contributed by atoms with Crippen molar-refractivity contribution >= 4 is 5.91 Å². The highest BCUT2D eigenvalue weighted by Gasteiger charge is 2.31. The second-order valence-electron chi connectivity index (χ2n) is 4.03. The molecule has 0 unspecified atom stereocenters. The predicted octanol–water partition coefficient (Wildman–Crippen LogP) is 1.72. The van der Waals surface area contributed by atoms with Crippen molar-refractivity contribution in [3.63, 3.8) is 0 Å². The van der Waals surface area contributed by atoms with Gasteiger partial charge in [0, 0.05) is 18.2 Å². The number of amides is 1. The lowest BCUT2D eigenvalue weighted by Crippen LogP contribution is -2.32. The van der Waals surface area contributed by atoms with E-state index in [1.165, 1.54) is 18.2 Å². The Morgan fingerprint density at radius 3 is 2.56 bits per heavy atom. The van der Waals surface area contributed by atoms with E-state index >= 15 is 0 Å². The van der Waals surface area contributed by atoms with E-state index in [0.717, 1.165) is 12.8 Å². The van der Waals surface area contributed by atoms with Crippen LogP contribution in [0.1, 0.15) is 30.1 Å². The molecule has 4 heteroatoms. The van der Waals surface area contributed by atoms with Crippen LogP contribution in [0.25, 0.3) is 0 Å². The molecule has 1 aliphatic carbocycles. The Morgan fingerprint density at radius 1 is 1.38 bits per heavy atom. The molecule has 0 aliphatic heterocycles. The summed E-state index contributed by atoms with van der Waals surface area (Å²) in [5, 5.41) is 18.5. The van der Waals surface area contributed by atoms with E-state index < -0.39 is 0 Å². The van der Waals surface area contributed by atoms with E-state index in [2.05, 4.69) is 0 Å². The van der Waals surface area contributed by atoms with Crippen LogP contribution in [0, 0.1) is 0 Å². The minimum Gasteiger partial charge on any atom is -0.504 e. The standard InChI is InChI=1S/C12H15NO3/c1-2-13(9-4-5-9)12(16)8-3-6-10(14)11(15)7-8/h3,6-7,9,14-15H,2,4-5H2,1H3. The first-order chi connectivity index (χ1) is 7.63. The maximum atomic E-state index is 12.1. The monoisotopic (exact) mass is 221 g/mol. The molecular weight excluding hydrogens is 206 g/mol. The van der Waals surface area contributed by atoms with E-state index in [1.807, 2.05) is 6.92 Å². The van der Waals surface area contributed by atoms with Crippen molar-refractivity contribution in [1.82, 2.24) is 4.90 Å². The topological polar surface area (TPSA) is 60.8 Å². The fraction of sp³-hybridized carbons (Fsp3) is 0.417. The highest BCUT2D eigenvalue weighted by Crippen LogP contribution is 2.30. The number of nitrogens with zero attached hydrogens (tertiary/aromatic N) is 1. The number of rotatable bonds is 3. The summed E-state index contributed by atoms with van der Waals surface area (Å²) in [7, 11) is 0. The van der Waals surface area contributed by atoms with Crippen LogP contribution in [-0.2, 0) is 0 Å². The van der Waals surface area contributed by atoms with Gasteiger partial charge >= 0.3 is 0 Å². The van der Waals surface area contributed by atoms with Crippen molar-refractivity contribution in [2.45, 2.75) is 25.8 Å². The Kier molecular flexibility index (Phi) is 2.73. The van der Waals surface area contributed by atoms with Gasteiger partial charge in [-0.15, -0.1) is 0 Å². The van der Waals surface area contributed by atoms with Gasteiger partial charge in [0.05, 0.1) is 0 Å². The summed E-state index contributed by atoms with van der Waals surface area (Å²) in [6.07, 6.45) is 2.12. The van der Waals surface area contributed by atoms with Gasteiger partial charge in [-0.3, -0.25) is 4.79 Å². The van der Waals surface area contributed by atoms with Crippen LogP contribution in [-0.4, -0.2) is 33.6 Å². The zero-order valence-corrected chi connectivity index (χ0v) is 9.18. The molecule has 2 rings (SSSR count). The summed E-state index contributed by atoms with van der Waals surface area (Å²) in [5.41, 5.74) is 0.420. The number of benzene rings is 1. The van der Waals surface area contributed by atoms with Crippen LogP contribution >= 0.6 is 0 Å². The lowest BCUT2D eigenvalue weighted by molar-refractivity contribution is 0.0752. The number of carbonyl (C=O) groups excluding carboxylic acids is 1. The first-order valence-electron chi connectivity index (χ1n) is 5.46. The Hall–Kier alpha value is -1.71. The van der Waals surface area contributed by atoms with Crippen molar-refractivity contribution in [2.24, 2.45) is 0 Å². The molecule has 0 spiro atoms.